The number of hydrogen-bond donors (Lipinski definition) is 1. The lowest BCUT2D eigenvalue weighted by molar-refractivity contribution is 0.410. The summed E-state index contributed by atoms with van der Waals surface area (Å²) in [5, 5.41) is 7.76. The summed E-state index contributed by atoms with van der Waals surface area (Å²) in [4.78, 5) is 4.99. The predicted molar refractivity (Wildman–Crippen MR) is 134 cm³/mol. The molecule has 0 fully saturated rings. The van der Waals surface area contributed by atoms with Gasteiger partial charge in [0.05, 0.1) is 18.5 Å². The Kier molecular flexibility index (Phi) is 5.65. The van der Waals surface area contributed by atoms with Gasteiger partial charge in [-0.05, 0) is 24.6 Å². The van der Waals surface area contributed by atoms with E-state index in [4.69, 9.17) is 9.72 Å². The normalized spacial score (nSPS) is 11.1. The first-order chi connectivity index (χ1) is 15.8. The number of nitrogens with zero attached hydrogens (tertiary/aromatic N) is 2. The molecule has 160 valence electrons. The fraction of sp³-hybridized carbons (Fsp3) is 0.148. The van der Waals surface area contributed by atoms with E-state index in [-0.39, 0.29) is 0 Å². The van der Waals surface area contributed by atoms with Crippen LogP contribution in [0.15, 0.2) is 84.2 Å². The van der Waals surface area contributed by atoms with Crippen molar-refractivity contribution in [3.05, 3.63) is 89.8 Å². The summed E-state index contributed by atoms with van der Waals surface area (Å²) in [6, 6.07) is 27.3. The van der Waals surface area contributed by atoms with Crippen LogP contribution in [0.2, 0.25) is 0 Å². The first kappa shape index (κ1) is 20.3. The largest absolute Gasteiger partial charge is 0.496 e. The Morgan fingerprint density at radius 3 is 2.50 bits per heavy atom. The first-order valence-electron chi connectivity index (χ1n) is 10.8. The molecule has 5 rings (SSSR count). The SMILES string of the molecule is CCn1c(-c2ccccc2)c(-c2csc(NCc3ccccc3OC)n2)c2ccccc21. The molecular weight excluding hydrogens is 414 g/mol. The molecule has 2 aromatic heterocycles. The molecule has 0 aliphatic rings. The zero-order valence-corrected chi connectivity index (χ0v) is 19.0. The van der Waals surface area contributed by atoms with Gasteiger partial charge in [0.15, 0.2) is 5.13 Å². The summed E-state index contributed by atoms with van der Waals surface area (Å²) in [5.41, 5.74) is 6.96. The Labute approximate surface area is 192 Å². The molecule has 0 aliphatic heterocycles. The van der Waals surface area contributed by atoms with Crippen LogP contribution in [0.3, 0.4) is 0 Å². The van der Waals surface area contributed by atoms with E-state index in [9.17, 15) is 0 Å². The maximum absolute atomic E-state index is 5.48. The summed E-state index contributed by atoms with van der Waals surface area (Å²) >= 11 is 1.63. The lowest BCUT2D eigenvalue weighted by atomic mass is 10.0. The van der Waals surface area contributed by atoms with Crippen LogP contribution in [-0.2, 0) is 13.1 Å². The van der Waals surface area contributed by atoms with Crippen molar-refractivity contribution >= 4 is 27.4 Å². The van der Waals surface area contributed by atoms with Crippen LogP contribution < -0.4 is 10.1 Å². The topological polar surface area (TPSA) is 39.1 Å². The lowest BCUT2D eigenvalue weighted by Crippen LogP contribution is -2.01. The summed E-state index contributed by atoms with van der Waals surface area (Å²) in [6.07, 6.45) is 0. The minimum atomic E-state index is 0.666. The number of benzene rings is 3. The van der Waals surface area contributed by atoms with Gasteiger partial charge in [-0.1, -0.05) is 66.7 Å². The molecule has 0 amide bonds. The first-order valence-corrected chi connectivity index (χ1v) is 11.7. The molecule has 2 heterocycles. The number of rotatable bonds is 7. The van der Waals surface area contributed by atoms with Crippen molar-refractivity contribution in [2.75, 3.05) is 12.4 Å². The van der Waals surface area contributed by atoms with Gasteiger partial charge in [-0.2, -0.15) is 0 Å². The molecule has 0 spiro atoms. The molecule has 5 heteroatoms. The van der Waals surface area contributed by atoms with Crippen LogP contribution in [0.5, 0.6) is 5.75 Å². The second-order valence-corrected chi connectivity index (χ2v) is 8.41. The zero-order chi connectivity index (χ0) is 21.9. The van der Waals surface area contributed by atoms with Crippen molar-refractivity contribution in [3.63, 3.8) is 0 Å². The van der Waals surface area contributed by atoms with E-state index in [2.05, 4.69) is 82.9 Å². The number of methoxy groups -OCH3 is 1. The Hall–Kier alpha value is -3.57. The van der Waals surface area contributed by atoms with E-state index >= 15 is 0 Å². The molecule has 0 bridgehead atoms. The fourth-order valence-corrected chi connectivity index (χ4v) is 4.98. The summed E-state index contributed by atoms with van der Waals surface area (Å²) < 4.78 is 7.87. The average Bonchev–Trinajstić information content (AvgIpc) is 3.45. The molecule has 0 saturated carbocycles. The molecule has 0 radical (unpaired) electrons. The van der Waals surface area contributed by atoms with E-state index in [0.717, 1.165) is 28.7 Å². The second-order valence-electron chi connectivity index (χ2n) is 7.55. The number of hydrogen-bond acceptors (Lipinski definition) is 4. The van der Waals surface area contributed by atoms with Crippen molar-refractivity contribution in [2.24, 2.45) is 0 Å². The van der Waals surface area contributed by atoms with E-state index < -0.39 is 0 Å². The minimum Gasteiger partial charge on any atom is -0.496 e. The molecule has 0 unspecified atom stereocenters. The average molecular weight is 440 g/mol. The Morgan fingerprint density at radius 2 is 1.69 bits per heavy atom. The maximum atomic E-state index is 5.48. The van der Waals surface area contributed by atoms with Crippen LogP contribution >= 0.6 is 11.3 Å². The van der Waals surface area contributed by atoms with Gasteiger partial charge < -0.3 is 14.6 Å². The van der Waals surface area contributed by atoms with Crippen molar-refractivity contribution in [1.82, 2.24) is 9.55 Å². The molecule has 1 N–H and O–H groups in total. The third kappa shape index (κ3) is 3.65. The summed E-state index contributed by atoms with van der Waals surface area (Å²) in [6.45, 7) is 3.76. The molecule has 0 saturated heterocycles. The van der Waals surface area contributed by atoms with Crippen LogP contribution in [0, 0.1) is 0 Å². The molecule has 0 aliphatic carbocycles. The van der Waals surface area contributed by atoms with Gasteiger partial charge in [0.25, 0.3) is 0 Å². The number of nitrogens with one attached hydrogen (secondary N) is 1. The van der Waals surface area contributed by atoms with E-state index in [1.54, 1.807) is 18.4 Å². The number of fused-ring (bicyclic) bond motifs is 1. The zero-order valence-electron chi connectivity index (χ0n) is 18.2. The van der Waals surface area contributed by atoms with Crippen molar-refractivity contribution in [2.45, 2.75) is 20.0 Å². The molecule has 5 aromatic rings. The highest BCUT2D eigenvalue weighted by Crippen LogP contribution is 2.41. The molecular formula is C27H25N3OS. The van der Waals surface area contributed by atoms with Gasteiger partial charge in [0.1, 0.15) is 5.75 Å². The van der Waals surface area contributed by atoms with Crippen LogP contribution in [0.1, 0.15) is 12.5 Å². The number of aryl methyl sites for hydroxylation is 1. The Morgan fingerprint density at radius 1 is 0.938 bits per heavy atom. The molecule has 4 nitrogen and oxygen atoms in total. The van der Waals surface area contributed by atoms with Gasteiger partial charge in [-0.15, -0.1) is 11.3 Å². The predicted octanol–water partition coefficient (Wildman–Crippen LogP) is 7.07. The molecule has 3 aromatic carbocycles. The highest BCUT2D eigenvalue weighted by atomic mass is 32.1. The fourth-order valence-electron chi connectivity index (χ4n) is 4.28. The number of aromatic nitrogens is 2. The highest BCUT2D eigenvalue weighted by Gasteiger charge is 2.21. The minimum absolute atomic E-state index is 0.666. The van der Waals surface area contributed by atoms with Gasteiger partial charge in [-0.25, -0.2) is 4.98 Å². The van der Waals surface area contributed by atoms with E-state index in [1.807, 2.05) is 18.2 Å². The lowest BCUT2D eigenvalue weighted by Gasteiger charge is -2.10. The van der Waals surface area contributed by atoms with Crippen LogP contribution in [0.4, 0.5) is 5.13 Å². The Balaban J connectivity index is 1.56. The molecule has 0 atom stereocenters. The van der Waals surface area contributed by atoms with Gasteiger partial charge in [-0.3, -0.25) is 0 Å². The number of anilines is 1. The van der Waals surface area contributed by atoms with Gasteiger partial charge in [0, 0.05) is 40.5 Å². The highest BCUT2D eigenvalue weighted by molar-refractivity contribution is 7.14. The summed E-state index contributed by atoms with van der Waals surface area (Å²) in [5.74, 6) is 0.883. The van der Waals surface area contributed by atoms with Gasteiger partial charge >= 0.3 is 0 Å². The third-order valence-electron chi connectivity index (χ3n) is 5.72. The number of ether oxygens (including phenoxy) is 1. The van der Waals surface area contributed by atoms with Crippen LogP contribution in [-0.4, -0.2) is 16.7 Å². The monoisotopic (exact) mass is 439 g/mol. The van der Waals surface area contributed by atoms with Crippen molar-refractivity contribution in [3.8, 4) is 28.3 Å². The van der Waals surface area contributed by atoms with Crippen LogP contribution in [0.25, 0.3) is 33.4 Å². The summed E-state index contributed by atoms with van der Waals surface area (Å²) in [7, 11) is 1.70. The van der Waals surface area contributed by atoms with Crippen molar-refractivity contribution < 1.29 is 4.74 Å². The number of thiazole rings is 1. The quantitative estimate of drug-likeness (QED) is 0.295. The van der Waals surface area contributed by atoms with Gasteiger partial charge in [0.2, 0.25) is 0 Å². The standard InChI is InChI=1S/C27H25N3OS/c1-3-30-23-15-9-8-14-21(23)25(26(30)19-11-5-4-6-12-19)22-18-32-27(29-22)28-17-20-13-7-10-16-24(20)31-2/h4-16,18H,3,17H2,1-2H3,(H,28,29). The molecule has 32 heavy (non-hydrogen) atoms. The van der Waals surface area contributed by atoms with Crippen molar-refractivity contribution in [1.29, 1.82) is 0 Å². The van der Waals surface area contributed by atoms with E-state index in [0.29, 0.717) is 6.54 Å². The second kappa shape index (κ2) is 8.89. The smallest absolute Gasteiger partial charge is 0.183 e. The third-order valence-corrected chi connectivity index (χ3v) is 6.52. The maximum Gasteiger partial charge on any atom is 0.183 e. The number of para-hydroxylation sites is 2. The Bertz CT molecular complexity index is 1350. The van der Waals surface area contributed by atoms with E-state index in [1.165, 1.54) is 27.7 Å².